The number of carbonyl (C=O) groups excluding carboxylic acids is 1. The minimum absolute atomic E-state index is 0.0727. The van der Waals surface area contributed by atoms with Crippen molar-refractivity contribution >= 4 is 17.4 Å². The summed E-state index contributed by atoms with van der Waals surface area (Å²) in [5, 5.41) is 16.0. The Balaban J connectivity index is 1.45. The van der Waals surface area contributed by atoms with E-state index >= 15 is 0 Å². The number of carbonyl (C=O) groups is 1. The third-order valence-electron chi connectivity index (χ3n) is 5.42. The largest absolute Gasteiger partial charge is 0.354 e. The molecule has 1 unspecified atom stereocenters. The lowest BCUT2D eigenvalue weighted by Crippen LogP contribution is -2.41. The fourth-order valence-electron chi connectivity index (χ4n) is 4.02. The summed E-state index contributed by atoms with van der Waals surface area (Å²) in [6.07, 6.45) is 5.37. The minimum atomic E-state index is -0.0727. The van der Waals surface area contributed by atoms with E-state index in [2.05, 4.69) is 44.6 Å². The summed E-state index contributed by atoms with van der Waals surface area (Å²) in [5.74, 6) is 1.47. The van der Waals surface area contributed by atoms with Crippen LogP contribution in [-0.2, 0) is 4.79 Å². The van der Waals surface area contributed by atoms with Gasteiger partial charge in [0.25, 0.3) is 0 Å². The van der Waals surface area contributed by atoms with E-state index in [1.165, 1.54) is 5.56 Å². The summed E-state index contributed by atoms with van der Waals surface area (Å²) in [4.78, 5) is 15.1. The van der Waals surface area contributed by atoms with Crippen molar-refractivity contribution in [1.29, 1.82) is 0 Å². The molecule has 0 aliphatic carbocycles. The van der Waals surface area contributed by atoms with Gasteiger partial charge in [0.15, 0.2) is 11.6 Å². The van der Waals surface area contributed by atoms with Crippen LogP contribution in [0.4, 0.5) is 11.5 Å². The van der Waals surface area contributed by atoms with E-state index in [4.69, 9.17) is 0 Å². The molecular weight excluding hydrogens is 364 g/mol. The average Bonchev–Trinajstić information content (AvgIpc) is 3.25. The number of rotatable bonds is 4. The first-order valence-corrected chi connectivity index (χ1v) is 9.98. The first-order valence-electron chi connectivity index (χ1n) is 9.98. The number of aryl methyl sites for hydroxylation is 3. The fourth-order valence-corrected chi connectivity index (χ4v) is 4.02. The third-order valence-corrected chi connectivity index (χ3v) is 5.42. The molecular formula is C22H26N6O. The molecule has 7 heteroatoms. The number of hydrogen-bond acceptors (Lipinski definition) is 5. The van der Waals surface area contributed by atoms with E-state index in [9.17, 15) is 4.79 Å². The van der Waals surface area contributed by atoms with Gasteiger partial charge in [-0.2, -0.15) is 5.10 Å². The molecule has 1 atom stereocenters. The smallest absolute Gasteiger partial charge is 0.229 e. The molecule has 3 heterocycles. The molecule has 1 amide bonds. The second-order valence-corrected chi connectivity index (χ2v) is 7.75. The molecule has 0 radical (unpaired) electrons. The Morgan fingerprint density at radius 1 is 1.10 bits per heavy atom. The number of aromatic nitrogens is 4. The molecule has 1 fully saturated rings. The fraction of sp³-hybridized carbons (Fsp3) is 0.364. The standard InChI is InChI=1S/C22H26N6O/c1-15-12-16(2)21(17(3)13-15)24-22(29)18-6-4-10-27(14-18)19-7-8-20(26-25-19)28-11-5-9-23-28/h5,7-9,11-13,18H,4,6,10,14H2,1-3H3,(H,24,29). The van der Waals surface area contributed by atoms with Crippen LogP contribution in [-0.4, -0.2) is 39.0 Å². The Labute approximate surface area is 170 Å². The van der Waals surface area contributed by atoms with E-state index in [-0.39, 0.29) is 11.8 Å². The zero-order valence-electron chi connectivity index (χ0n) is 17.1. The highest BCUT2D eigenvalue weighted by atomic mass is 16.1. The molecule has 0 saturated carbocycles. The van der Waals surface area contributed by atoms with Crippen molar-refractivity contribution < 1.29 is 4.79 Å². The van der Waals surface area contributed by atoms with Gasteiger partial charge >= 0.3 is 0 Å². The Morgan fingerprint density at radius 3 is 2.48 bits per heavy atom. The SMILES string of the molecule is Cc1cc(C)c(NC(=O)C2CCCN(c3ccc(-n4cccn4)nn3)C2)c(C)c1. The van der Waals surface area contributed by atoms with E-state index in [1.54, 1.807) is 10.9 Å². The minimum Gasteiger partial charge on any atom is -0.354 e. The van der Waals surface area contributed by atoms with Crippen LogP contribution < -0.4 is 10.2 Å². The molecule has 29 heavy (non-hydrogen) atoms. The predicted octanol–water partition coefficient (Wildman–Crippen LogP) is 3.44. The van der Waals surface area contributed by atoms with Gasteiger partial charge < -0.3 is 10.2 Å². The topological polar surface area (TPSA) is 75.9 Å². The molecule has 1 aliphatic rings. The maximum Gasteiger partial charge on any atom is 0.229 e. The van der Waals surface area contributed by atoms with Crippen molar-refractivity contribution in [2.45, 2.75) is 33.6 Å². The molecule has 2 aromatic heterocycles. The van der Waals surface area contributed by atoms with Crippen molar-refractivity contribution in [3.8, 4) is 5.82 Å². The highest BCUT2D eigenvalue weighted by Gasteiger charge is 2.27. The molecule has 7 nitrogen and oxygen atoms in total. The van der Waals surface area contributed by atoms with Gasteiger partial charge in [-0.3, -0.25) is 4.79 Å². The molecule has 3 aromatic rings. The zero-order valence-corrected chi connectivity index (χ0v) is 17.1. The lowest BCUT2D eigenvalue weighted by molar-refractivity contribution is -0.120. The first kappa shape index (κ1) is 19.1. The van der Waals surface area contributed by atoms with Gasteiger partial charge in [-0.25, -0.2) is 4.68 Å². The number of nitrogens with one attached hydrogen (secondary N) is 1. The monoisotopic (exact) mass is 390 g/mol. The van der Waals surface area contributed by atoms with Gasteiger partial charge in [-0.15, -0.1) is 10.2 Å². The summed E-state index contributed by atoms with van der Waals surface area (Å²) in [5.41, 5.74) is 4.34. The van der Waals surface area contributed by atoms with Crippen molar-refractivity contribution in [1.82, 2.24) is 20.0 Å². The summed E-state index contributed by atoms with van der Waals surface area (Å²) in [6.45, 7) is 7.68. The summed E-state index contributed by atoms with van der Waals surface area (Å²) in [6, 6.07) is 9.90. The second kappa shape index (κ2) is 8.03. The van der Waals surface area contributed by atoms with Crippen LogP contribution in [0, 0.1) is 26.7 Å². The highest BCUT2D eigenvalue weighted by molar-refractivity contribution is 5.94. The van der Waals surface area contributed by atoms with Crippen LogP contribution in [0.1, 0.15) is 29.5 Å². The summed E-state index contributed by atoms with van der Waals surface area (Å²) >= 11 is 0. The number of benzene rings is 1. The van der Waals surface area contributed by atoms with E-state index < -0.39 is 0 Å². The van der Waals surface area contributed by atoms with Crippen molar-refractivity contribution in [2.75, 3.05) is 23.3 Å². The Bertz CT molecular complexity index is 974. The molecule has 150 valence electrons. The van der Waals surface area contributed by atoms with E-state index in [0.717, 1.165) is 42.0 Å². The first-order chi connectivity index (χ1) is 14.0. The number of hydrogen-bond donors (Lipinski definition) is 1. The molecule has 1 saturated heterocycles. The van der Waals surface area contributed by atoms with Gasteiger partial charge in [0, 0.05) is 31.2 Å². The van der Waals surface area contributed by atoms with Gasteiger partial charge in [0.05, 0.1) is 5.92 Å². The van der Waals surface area contributed by atoms with Gasteiger partial charge in [-0.05, 0) is 62.9 Å². The maximum absolute atomic E-state index is 13.0. The van der Waals surface area contributed by atoms with Crippen LogP contribution in [0.2, 0.25) is 0 Å². The normalized spacial score (nSPS) is 16.7. The summed E-state index contributed by atoms with van der Waals surface area (Å²) in [7, 11) is 0. The average molecular weight is 390 g/mol. The van der Waals surface area contributed by atoms with Crippen molar-refractivity contribution in [2.24, 2.45) is 5.92 Å². The zero-order chi connectivity index (χ0) is 20.4. The molecule has 1 aromatic carbocycles. The number of nitrogens with zero attached hydrogens (tertiary/aromatic N) is 5. The maximum atomic E-state index is 13.0. The third kappa shape index (κ3) is 4.13. The van der Waals surface area contributed by atoms with Gasteiger partial charge in [0.1, 0.15) is 0 Å². The predicted molar refractivity (Wildman–Crippen MR) is 113 cm³/mol. The van der Waals surface area contributed by atoms with Crippen LogP contribution in [0.25, 0.3) is 5.82 Å². The Kier molecular flexibility index (Phi) is 5.29. The highest BCUT2D eigenvalue weighted by Crippen LogP contribution is 2.26. The van der Waals surface area contributed by atoms with Crippen LogP contribution in [0.3, 0.4) is 0 Å². The molecule has 1 aliphatic heterocycles. The van der Waals surface area contributed by atoms with Crippen molar-refractivity contribution in [3.63, 3.8) is 0 Å². The molecule has 0 spiro atoms. The molecule has 4 rings (SSSR count). The Hall–Kier alpha value is -3.22. The lowest BCUT2D eigenvalue weighted by Gasteiger charge is -2.32. The quantitative estimate of drug-likeness (QED) is 0.738. The van der Waals surface area contributed by atoms with Crippen molar-refractivity contribution in [3.05, 3.63) is 59.4 Å². The molecule has 0 bridgehead atoms. The Morgan fingerprint density at radius 2 is 1.83 bits per heavy atom. The summed E-state index contributed by atoms with van der Waals surface area (Å²) < 4.78 is 1.68. The van der Waals surface area contributed by atoms with Crippen LogP contribution >= 0.6 is 0 Å². The number of amides is 1. The second-order valence-electron chi connectivity index (χ2n) is 7.75. The molecule has 1 N–H and O–H groups in total. The van der Waals surface area contributed by atoms with Crippen LogP contribution in [0.5, 0.6) is 0 Å². The van der Waals surface area contributed by atoms with E-state index in [1.807, 2.05) is 38.2 Å². The number of anilines is 2. The lowest BCUT2D eigenvalue weighted by atomic mass is 9.96. The van der Waals surface area contributed by atoms with Crippen LogP contribution in [0.15, 0.2) is 42.7 Å². The number of piperidine rings is 1. The van der Waals surface area contributed by atoms with Gasteiger partial charge in [0.2, 0.25) is 5.91 Å². The van der Waals surface area contributed by atoms with Gasteiger partial charge in [-0.1, -0.05) is 17.7 Å². The van der Waals surface area contributed by atoms with E-state index in [0.29, 0.717) is 12.4 Å².